The Morgan fingerprint density at radius 3 is 2.68 bits per heavy atom. The number of aromatic amines is 1. The van der Waals surface area contributed by atoms with Gasteiger partial charge < -0.3 is 25.3 Å². The van der Waals surface area contributed by atoms with Crippen molar-refractivity contribution in [1.82, 2.24) is 25.1 Å². The van der Waals surface area contributed by atoms with Crippen LogP contribution in [0.1, 0.15) is 40.9 Å². The van der Waals surface area contributed by atoms with Crippen LogP contribution in [0.25, 0.3) is 16.6 Å². The molecule has 1 aliphatic heterocycles. The van der Waals surface area contributed by atoms with Crippen molar-refractivity contribution in [2.45, 2.75) is 25.8 Å². The number of carbonyl (C=O) groups is 1. The van der Waals surface area contributed by atoms with Gasteiger partial charge in [0.15, 0.2) is 17.3 Å². The number of aliphatic imine (C=N–C) groups is 1. The lowest BCUT2D eigenvalue weighted by atomic mass is 10.00. The summed E-state index contributed by atoms with van der Waals surface area (Å²) < 4.78 is 7.45. The third-order valence-corrected chi connectivity index (χ3v) is 7.41. The molecule has 1 aliphatic rings. The number of aromatic hydroxyl groups is 2. The first kappa shape index (κ1) is 26.4. The quantitative estimate of drug-likeness (QED) is 0.208. The Balaban J connectivity index is 1.28. The Bertz CT molecular complexity index is 1810. The Morgan fingerprint density at radius 2 is 1.90 bits per heavy atom. The number of ether oxygens (including phenoxy) is 1. The summed E-state index contributed by atoms with van der Waals surface area (Å²) in [6.07, 6.45) is 0.562. The number of phenolic OH excluding ortho intramolecular Hbond substituents is 2. The third kappa shape index (κ3) is 4.98. The molecular formula is C30H27ClN6O4. The first-order valence-corrected chi connectivity index (χ1v) is 13.4. The number of methoxy groups -OCH3 is 1. The van der Waals surface area contributed by atoms with Crippen LogP contribution < -0.4 is 10.1 Å². The van der Waals surface area contributed by atoms with E-state index in [1.165, 1.54) is 6.07 Å². The van der Waals surface area contributed by atoms with Crippen LogP contribution in [0, 0.1) is 6.92 Å². The van der Waals surface area contributed by atoms with Crippen LogP contribution in [0.15, 0.2) is 65.7 Å². The minimum Gasteiger partial charge on any atom is -0.504 e. The smallest absolute Gasteiger partial charge is 0.222 e. The molecule has 11 heteroatoms. The number of aryl methyl sites for hydroxylation is 1. The second-order valence-corrected chi connectivity index (χ2v) is 10.3. The van der Waals surface area contributed by atoms with E-state index in [1.54, 1.807) is 19.2 Å². The predicted octanol–water partition coefficient (Wildman–Crippen LogP) is 4.77. The molecule has 3 heterocycles. The Labute approximate surface area is 240 Å². The lowest BCUT2D eigenvalue weighted by Gasteiger charge is -2.14. The van der Waals surface area contributed by atoms with Crippen molar-refractivity contribution in [2.24, 2.45) is 4.99 Å². The molecule has 0 unspecified atom stereocenters. The fourth-order valence-corrected chi connectivity index (χ4v) is 5.26. The zero-order chi connectivity index (χ0) is 28.7. The Morgan fingerprint density at radius 1 is 1.10 bits per heavy atom. The fraction of sp³-hybridized carbons (Fsp3) is 0.200. The first-order valence-electron chi connectivity index (χ1n) is 13.1. The maximum absolute atomic E-state index is 13.2. The van der Waals surface area contributed by atoms with Crippen molar-refractivity contribution in [2.75, 3.05) is 13.7 Å². The average molecular weight is 571 g/mol. The van der Waals surface area contributed by atoms with Gasteiger partial charge in [-0.1, -0.05) is 23.7 Å². The van der Waals surface area contributed by atoms with Crippen LogP contribution in [0.4, 0.5) is 0 Å². The molecule has 0 aliphatic carbocycles. The van der Waals surface area contributed by atoms with Gasteiger partial charge in [-0.3, -0.25) is 14.4 Å². The number of phenols is 2. The van der Waals surface area contributed by atoms with E-state index >= 15 is 0 Å². The number of aromatic nitrogens is 4. The molecule has 208 valence electrons. The third-order valence-electron chi connectivity index (χ3n) is 7.16. The number of amides is 1. The monoisotopic (exact) mass is 570 g/mol. The summed E-state index contributed by atoms with van der Waals surface area (Å²) >= 11 is 6.17. The number of hydrogen-bond acceptors (Lipinski definition) is 7. The van der Waals surface area contributed by atoms with Gasteiger partial charge in [0.05, 0.1) is 24.9 Å². The molecule has 6 rings (SSSR count). The van der Waals surface area contributed by atoms with Gasteiger partial charge in [0.1, 0.15) is 17.6 Å². The molecule has 0 spiro atoms. The van der Waals surface area contributed by atoms with E-state index in [4.69, 9.17) is 21.3 Å². The van der Waals surface area contributed by atoms with Gasteiger partial charge in [-0.15, -0.1) is 10.2 Å². The zero-order valence-corrected chi connectivity index (χ0v) is 23.1. The molecule has 0 saturated heterocycles. The normalized spacial score (nSPS) is 14.2. The highest BCUT2D eigenvalue weighted by molar-refractivity contribution is 6.30. The number of hydrogen-bond donors (Lipinski definition) is 4. The van der Waals surface area contributed by atoms with Gasteiger partial charge in [0.2, 0.25) is 5.91 Å². The molecule has 4 N–H and O–H groups in total. The van der Waals surface area contributed by atoms with Crippen LogP contribution in [0.3, 0.4) is 0 Å². The van der Waals surface area contributed by atoms with Gasteiger partial charge in [-0.05, 0) is 55.5 Å². The van der Waals surface area contributed by atoms with Crippen LogP contribution in [-0.4, -0.2) is 55.2 Å². The van der Waals surface area contributed by atoms with E-state index in [1.807, 2.05) is 54.0 Å². The average Bonchev–Trinajstić information content (AvgIpc) is 3.53. The number of rotatable bonds is 7. The largest absolute Gasteiger partial charge is 0.504 e. The van der Waals surface area contributed by atoms with E-state index in [0.29, 0.717) is 52.0 Å². The van der Waals surface area contributed by atoms with Crippen molar-refractivity contribution in [3.05, 3.63) is 94.2 Å². The molecule has 5 aromatic rings. The van der Waals surface area contributed by atoms with E-state index in [0.717, 1.165) is 22.5 Å². The number of fused-ring (bicyclic) bond motifs is 4. The number of benzene rings is 3. The SMILES string of the molecule is COc1ccc2c(c1)C(c1ccc(Cl)cc1)=N[C@@H](CC(=O)NCCc1cc3c(O)c(O)ccc3[nH]1)c1nnc(C)n1-2. The highest BCUT2D eigenvalue weighted by atomic mass is 35.5. The molecule has 0 saturated carbocycles. The van der Waals surface area contributed by atoms with Gasteiger partial charge >= 0.3 is 0 Å². The van der Waals surface area contributed by atoms with Crippen molar-refractivity contribution >= 4 is 34.1 Å². The van der Waals surface area contributed by atoms with E-state index in [2.05, 4.69) is 20.5 Å². The molecule has 10 nitrogen and oxygen atoms in total. The molecule has 41 heavy (non-hydrogen) atoms. The minimum absolute atomic E-state index is 0.0573. The molecule has 3 aromatic carbocycles. The summed E-state index contributed by atoms with van der Waals surface area (Å²) in [6, 6.07) is 17.4. The van der Waals surface area contributed by atoms with Crippen LogP contribution in [-0.2, 0) is 11.2 Å². The predicted molar refractivity (Wildman–Crippen MR) is 155 cm³/mol. The second kappa shape index (κ2) is 10.6. The van der Waals surface area contributed by atoms with E-state index < -0.39 is 6.04 Å². The molecule has 2 aromatic heterocycles. The molecule has 0 bridgehead atoms. The van der Waals surface area contributed by atoms with Crippen molar-refractivity contribution in [1.29, 1.82) is 0 Å². The second-order valence-electron chi connectivity index (χ2n) is 9.82. The summed E-state index contributed by atoms with van der Waals surface area (Å²) in [5.74, 6) is 1.38. The zero-order valence-electron chi connectivity index (χ0n) is 22.3. The number of nitrogens with zero attached hydrogens (tertiary/aromatic N) is 4. The van der Waals surface area contributed by atoms with E-state index in [-0.39, 0.29) is 23.8 Å². The summed E-state index contributed by atoms with van der Waals surface area (Å²) in [4.78, 5) is 21.5. The summed E-state index contributed by atoms with van der Waals surface area (Å²) in [5, 5.41) is 32.7. The maximum Gasteiger partial charge on any atom is 0.222 e. The molecule has 1 atom stereocenters. The lowest BCUT2D eigenvalue weighted by molar-refractivity contribution is -0.121. The summed E-state index contributed by atoms with van der Waals surface area (Å²) in [5.41, 5.74) is 4.73. The molecule has 1 amide bonds. The summed E-state index contributed by atoms with van der Waals surface area (Å²) in [7, 11) is 1.61. The molecule has 0 radical (unpaired) electrons. The van der Waals surface area contributed by atoms with Gasteiger partial charge in [0.25, 0.3) is 0 Å². The molecular weight excluding hydrogens is 544 g/mol. The highest BCUT2D eigenvalue weighted by Gasteiger charge is 2.30. The topological polar surface area (TPSA) is 138 Å². The van der Waals surface area contributed by atoms with Crippen LogP contribution >= 0.6 is 11.6 Å². The van der Waals surface area contributed by atoms with Crippen LogP contribution in [0.2, 0.25) is 5.02 Å². The van der Waals surface area contributed by atoms with E-state index in [9.17, 15) is 15.0 Å². The van der Waals surface area contributed by atoms with Gasteiger partial charge in [0, 0.05) is 45.7 Å². The molecule has 0 fully saturated rings. The fourth-order valence-electron chi connectivity index (χ4n) is 5.13. The van der Waals surface area contributed by atoms with Gasteiger partial charge in [-0.2, -0.15) is 0 Å². The van der Waals surface area contributed by atoms with Crippen molar-refractivity contribution in [3.8, 4) is 22.9 Å². The number of halogens is 1. The number of nitrogens with one attached hydrogen (secondary N) is 2. The van der Waals surface area contributed by atoms with Crippen molar-refractivity contribution < 1.29 is 19.7 Å². The number of H-pyrrole nitrogens is 1. The van der Waals surface area contributed by atoms with Crippen LogP contribution in [0.5, 0.6) is 17.2 Å². The standard InChI is InChI=1S/C30H27ClN6O4/c1-16-35-36-30-24(15-27(39)32-12-11-19-13-21-23(33-19)8-10-26(38)29(21)40)34-28(17-3-5-18(31)6-4-17)22-14-20(41-2)7-9-25(22)37(16)30/h3-10,13-14,24,33,38,40H,11-12,15H2,1-2H3,(H,32,39)/t24-/m0/s1. The Hall–Kier alpha value is -4.83. The summed E-state index contributed by atoms with van der Waals surface area (Å²) in [6.45, 7) is 2.23. The number of carbonyl (C=O) groups excluding carboxylic acids is 1. The van der Waals surface area contributed by atoms with Crippen molar-refractivity contribution in [3.63, 3.8) is 0 Å². The minimum atomic E-state index is -0.603. The highest BCUT2D eigenvalue weighted by Crippen LogP contribution is 2.35. The van der Waals surface area contributed by atoms with Gasteiger partial charge in [-0.25, -0.2) is 0 Å². The first-order chi connectivity index (χ1) is 19.8. The maximum atomic E-state index is 13.2. The lowest BCUT2D eigenvalue weighted by Crippen LogP contribution is -2.27. The Kier molecular flexibility index (Phi) is 6.84.